The first-order valence-corrected chi connectivity index (χ1v) is 7.29. The van der Waals surface area contributed by atoms with Crippen LogP contribution < -0.4 is 5.32 Å². The maximum Gasteiger partial charge on any atom is 0.416 e. The van der Waals surface area contributed by atoms with Crippen LogP contribution in [0.25, 0.3) is 0 Å². The van der Waals surface area contributed by atoms with Gasteiger partial charge in [0.25, 0.3) is 0 Å². The Kier molecular flexibility index (Phi) is 6.33. The Bertz CT molecular complexity index is 404. The van der Waals surface area contributed by atoms with Crippen molar-refractivity contribution in [3.05, 3.63) is 33.8 Å². The van der Waals surface area contributed by atoms with Crippen molar-refractivity contribution in [1.29, 1.82) is 0 Å². The van der Waals surface area contributed by atoms with Crippen molar-refractivity contribution in [3.8, 4) is 0 Å². The number of benzene rings is 1. The summed E-state index contributed by atoms with van der Waals surface area (Å²) in [6.45, 7) is 4.77. The minimum atomic E-state index is -4.29. The number of nitrogens with one attached hydrogen (secondary N) is 1. The van der Waals surface area contributed by atoms with Gasteiger partial charge in [-0.15, -0.1) is 0 Å². The summed E-state index contributed by atoms with van der Waals surface area (Å²) >= 11 is 3.35. The maximum absolute atomic E-state index is 12.8. The lowest BCUT2D eigenvalue weighted by Gasteiger charge is -2.21. The lowest BCUT2D eigenvalue weighted by molar-refractivity contribution is -0.137. The maximum atomic E-state index is 12.8. The number of halogens is 4. The fraction of sp³-hybridized carbons (Fsp3) is 0.571. The zero-order chi connectivity index (χ0) is 14.5. The summed E-state index contributed by atoms with van der Waals surface area (Å²) in [7, 11) is 0. The second-order valence-corrected chi connectivity index (χ2v) is 5.34. The zero-order valence-corrected chi connectivity index (χ0v) is 12.7. The summed E-state index contributed by atoms with van der Waals surface area (Å²) in [5, 5.41) is 3.26. The van der Waals surface area contributed by atoms with Crippen molar-refractivity contribution < 1.29 is 13.2 Å². The summed E-state index contributed by atoms with van der Waals surface area (Å²) in [6, 6.07) is 3.79. The molecule has 1 aromatic carbocycles. The van der Waals surface area contributed by atoms with Crippen LogP contribution in [0.1, 0.15) is 50.3 Å². The molecule has 0 aliphatic carbocycles. The van der Waals surface area contributed by atoms with Gasteiger partial charge in [-0.05, 0) is 36.7 Å². The van der Waals surface area contributed by atoms with Crippen molar-refractivity contribution >= 4 is 15.9 Å². The quantitative estimate of drug-likeness (QED) is 0.741. The van der Waals surface area contributed by atoms with Crippen molar-refractivity contribution in [2.45, 2.75) is 45.3 Å². The third-order valence-corrected chi connectivity index (χ3v) is 3.72. The molecule has 0 spiro atoms. The Morgan fingerprint density at radius 2 is 1.95 bits per heavy atom. The van der Waals surface area contributed by atoms with Crippen molar-refractivity contribution in [2.75, 3.05) is 6.54 Å². The van der Waals surface area contributed by atoms with Crippen LogP contribution in [0.2, 0.25) is 0 Å². The van der Waals surface area contributed by atoms with Gasteiger partial charge in [-0.2, -0.15) is 13.2 Å². The first kappa shape index (κ1) is 16.5. The van der Waals surface area contributed by atoms with Crippen LogP contribution in [0.15, 0.2) is 22.7 Å². The van der Waals surface area contributed by atoms with E-state index in [0.29, 0.717) is 5.56 Å². The Balaban J connectivity index is 3.06. The van der Waals surface area contributed by atoms with E-state index in [9.17, 15) is 13.2 Å². The van der Waals surface area contributed by atoms with Crippen LogP contribution in [0, 0.1) is 0 Å². The van der Waals surface area contributed by atoms with Gasteiger partial charge in [-0.3, -0.25) is 0 Å². The number of hydrogen-bond acceptors (Lipinski definition) is 1. The molecule has 0 saturated heterocycles. The molecule has 0 bridgehead atoms. The molecule has 0 fully saturated rings. The summed E-state index contributed by atoms with van der Waals surface area (Å²) < 4.78 is 39.0. The molecule has 1 atom stereocenters. The molecule has 0 aliphatic heterocycles. The molecular formula is C14H19BrF3N. The zero-order valence-electron chi connectivity index (χ0n) is 11.1. The predicted octanol–water partition coefficient (Wildman–Crippen LogP) is 5.31. The molecule has 0 heterocycles. The van der Waals surface area contributed by atoms with Crippen LogP contribution in [-0.2, 0) is 6.18 Å². The van der Waals surface area contributed by atoms with Crippen LogP contribution in [0.4, 0.5) is 13.2 Å². The smallest absolute Gasteiger partial charge is 0.310 e. The van der Waals surface area contributed by atoms with Gasteiger partial charge in [-0.1, -0.05) is 42.6 Å². The molecule has 1 nitrogen and oxygen atoms in total. The average molecular weight is 338 g/mol. The Morgan fingerprint density at radius 3 is 2.47 bits per heavy atom. The first-order valence-electron chi connectivity index (χ1n) is 6.50. The standard InChI is InChI=1S/C14H19BrF3N/c1-3-5-6-13(19-4-2)11-9-10(14(16,17)18)7-8-12(11)15/h7-9,13,19H,3-6H2,1-2H3. The highest BCUT2D eigenvalue weighted by Crippen LogP contribution is 2.35. The number of hydrogen-bond donors (Lipinski definition) is 1. The summed E-state index contributed by atoms with van der Waals surface area (Å²) in [6.07, 6.45) is -1.44. The molecule has 0 aliphatic rings. The summed E-state index contributed by atoms with van der Waals surface area (Å²) in [5.41, 5.74) is 0.0928. The van der Waals surface area contributed by atoms with E-state index in [1.54, 1.807) is 0 Å². The molecule has 108 valence electrons. The Morgan fingerprint density at radius 1 is 1.26 bits per heavy atom. The van der Waals surface area contributed by atoms with Gasteiger partial charge in [0, 0.05) is 10.5 Å². The van der Waals surface area contributed by atoms with Crippen LogP contribution >= 0.6 is 15.9 Å². The monoisotopic (exact) mass is 337 g/mol. The van der Waals surface area contributed by atoms with Crippen molar-refractivity contribution in [2.24, 2.45) is 0 Å². The molecule has 0 amide bonds. The summed E-state index contributed by atoms with van der Waals surface area (Å²) in [4.78, 5) is 0. The number of alkyl halides is 3. The van der Waals surface area contributed by atoms with Gasteiger partial charge in [0.15, 0.2) is 0 Å². The lowest BCUT2D eigenvalue weighted by Crippen LogP contribution is -2.22. The van der Waals surface area contributed by atoms with Crippen molar-refractivity contribution in [3.63, 3.8) is 0 Å². The SMILES string of the molecule is CCCCC(NCC)c1cc(C(F)(F)F)ccc1Br. The Hall–Kier alpha value is -0.550. The molecule has 0 aromatic heterocycles. The van der Waals surface area contributed by atoms with E-state index in [0.717, 1.165) is 36.3 Å². The largest absolute Gasteiger partial charge is 0.416 e. The number of rotatable bonds is 6. The van der Waals surface area contributed by atoms with E-state index in [1.807, 2.05) is 6.92 Å². The highest BCUT2D eigenvalue weighted by Gasteiger charge is 2.31. The molecule has 19 heavy (non-hydrogen) atoms. The predicted molar refractivity (Wildman–Crippen MR) is 75.1 cm³/mol. The average Bonchev–Trinajstić information content (AvgIpc) is 2.34. The van der Waals surface area contributed by atoms with E-state index in [1.165, 1.54) is 12.1 Å². The highest BCUT2D eigenvalue weighted by molar-refractivity contribution is 9.10. The third kappa shape index (κ3) is 4.80. The van der Waals surface area contributed by atoms with Gasteiger partial charge in [0.05, 0.1) is 5.56 Å². The van der Waals surface area contributed by atoms with E-state index in [4.69, 9.17) is 0 Å². The molecule has 1 aromatic rings. The topological polar surface area (TPSA) is 12.0 Å². The minimum Gasteiger partial charge on any atom is -0.310 e. The van der Waals surface area contributed by atoms with Crippen LogP contribution in [-0.4, -0.2) is 6.54 Å². The van der Waals surface area contributed by atoms with E-state index < -0.39 is 11.7 Å². The highest BCUT2D eigenvalue weighted by atomic mass is 79.9. The van der Waals surface area contributed by atoms with E-state index in [-0.39, 0.29) is 6.04 Å². The molecule has 5 heteroatoms. The van der Waals surface area contributed by atoms with Crippen LogP contribution in [0.5, 0.6) is 0 Å². The van der Waals surface area contributed by atoms with Gasteiger partial charge in [0.2, 0.25) is 0 Å². The molecule has 1 rings (SSSR count). The van der Waals surface area contributed by atoms with E-state index in [2.05, 4.69) is 28.2 Å². The van der Waals surface area contributed by atoms with Gasteiger partial charge < -0.3 is 5.32 Å². The second-order valence-electron chi connectivity index (χ2n) is 4.49. The van der Waals surface area contributed by atoms with Gasteiger partial charge in [-0.25, -0.2) is 0 Å². The minimum absolute atomic E-state index is 0.0402. The lowest BCUT2D eigenvalue weighted by atomic mass is 9.99. The molecular weight excluding hydrogens is 319 g/mol. The molecule has 1 unspecified atom stereocenters. The molecule has 0 saturated carbocycles. The van der Waals surface area contributed by atoms with Crippen LogP contribution in [0.3, 0.4) is 0 Å². The normalized spacial score (nSPS) is 13.6. The first-order chi connectivity index (χ1) is 8.90. The fourth-order valence-corrected chi connectivity index (χ4v) is 2.53. The fourth-order valence-electron chi connectivity index (χ4n) is 2.01. The van der Waals surface area contributed by atoms with Gasteiger partial charge >= 0.3 is 6.18 Å². The van der Waals surface area contributed by atoms with E-state index >= 15 is 0 Å². The third-order valence-electron chi connectivity index (χ3n) is 3.00. The Labute approximate surface area is 120 Å². The van der Waals surface area contributed by atoms with Gasteiger partial charge in [0.1, 0.15) is 0 Å². The molecule has 0 radical (unpaired) electrons. The van der Waals surface area contributed by atoms with Crippen molar-refractivity contribution in [1.82, 2.24) is 5.32 Å². The number of unbranched alkanes of at least 4 members (excludes halogenated alkanes) is 1. The second kappa shape index (κ2) is 7.29. The summed E-state index contributed by atoms with van der Waals surface area (Å²) in [5.74, 6) is 0. The molecule has 1 N–H and O–H groups in total.